The van der Waals surface area contributed by atoms with Crippen molar-refractivity contribution in [3.05, 3.63) is 54.1 Å². The van der Waals surface area contributed by atoms with Gasteiger partial charge < -0.3 is 15.2 Å². The molecule has 0 atom stereocenters. The fraction of sp³-hybridized carbons (Fsp3) is 0.278. The van der Waals surface area contributed by atoms with E-state index in [-0.39, 0.29) is 24.6 Å². The SMILES string of the molecule is CCN(CC(=O)Nc1ccccc1CO)S(=O)(=O)c1ccc(OC)cc1. The largest absolute Gasteiger partial charge is 0.497 e. The van der Waals surface area contributed by atoms with Crippen LogP contribution in [0.1, 0.15) is 12.5 Å². The molecule has 2 N–H and O–H groups in total. The molecule has 0 unspecified atom stereocenters. The van der Waals surface area contributed by atoms with Crippen molar-refractivity contribution < 1.29 is 23.1 Å². The van der Waals surface area contributed by atoms with Gasteiger partial charge in [-0.05, 0) is 30.3 Å². The molecule has 0 aliphatic rings. The van der Waals surface area contributed by atoms with E-state index in [1.54, 1.807) is 43.3 Å². The molecule has 8 heteroatoms. The van der Waals surface area contributed by atoms with Gasteiger partial charge in [0, 0.05) is 17.8 Å². The predicted octanol–water partition coefficient (Wildman–Crippen LogP) is 1.84. The van der Waals surface area contributed by atoms with Crippen molar-refractivity contribution >= 4 is 21.6 Å². The number of methoxy groups -OCH3 is 1. The maximum Gasteiger partial charge on any atom is 0.243 e. The lowest BCUT2D eigenvalue weighted by atomic mass is 10.2. The summed E-state index contributed by atoms with van der Waals surface area (Å²) in [5.74, 6) is 0.0650. The number of amides is 1. The molecule has 0 spiro atoms. The van der Waals surface area contributed by atoms with Gasteiger partial charge in [0.15, 0.2) is 0 Å². The molecule has 2 aromatic carbocycles. The first kappa shape index (κ1) is 19.9. The third-order valence-electron chi connectivity index (χ3n) is 3.83. The molecule has 0 heterocycles. The summed E-state index contributed by atoms with van der Waals surface area (Å²) in [6.45, 7) is 1.25. The normalized spacial score (nSPS) is 11.4. The number of carbonyl (C=O) groups is 1. The Labute approximate surface area is 153 Å². The smallest absolute Gasteiger partial charge is 0.243 e. The predicted molar refractivity (Wildman–Crippen MR) is 98.4 cm³/mol. The molecule has 0 saturated heterocycles. The summed E-state index contributed by atoms with van der Waals surface area (Å²) in [6, 6.07) is 12.8. The number of benzene rings is 2. The van der Waals surface area contributed by atoms with Crippen LogP contribution in [0.5, 0.6) is 5.75 Å². The van der Waals surface area contributed by atoms with Crippen LogP contribution >= 0.6 is 0 Å². The van der Waals surface area contributed by atoms with Crippen molar-refractivity contribution in [2.24, 2.45) is 0 Å². The van der Waals surface area contributed by atoms with Crippen LogP contribution in [0.3, 0.4) is 0 Å². The monoisotopic (exact) mass is 378 g/mol. The number of carbonyl (C=O) groups excluding carboxylic acids is 1. The molecule has 26 heavy (non-hydrogen) atoms. The number of nitrogens with zero attached hydrogens (tertiary/aromatic N) is 1. The first-order chi connectivity index (χ1) is 12.4. The number of ether oxygens (including phenoxy) is 1. The molecule has 0 aliphatic carbocycles. The van der Waals surface area contributed by atoms with E-state index in [2.05, 4.69) is 5.32 Å². The molecule has 0 radical (unpaired) electrons. The zero-order valence-electron chi connectivity index (χ0n) is 14.7. The molecule has 2 aromatic rings. The van der Waals surface area contributed by atoms with Gasteiger partial charge in [0.05, 0.1) is 25.2 Å². The average molecular weight is 378 g/mol. The molecule has 0 fully saturated rings. The maximum atomic E-state index is 12.7. The van der Waals surface area contributed by atoms with Crippen LogP contribution in [0.4, 0.5) is 5.69 Å². The Morgan fingerprint density at radius 1 is 1.15 bits per heavy atom. The molecule has 2 rings (SSSR count). The van der Waals surface area contributed by atoms with E-state index in [1.807, 2.05) is 0 Å². The van der Waals surface area contributed by atoms with Crippen LogP contribution < -0.4 is 10.1 Å². The minimum atomic E-state index is -3.81. The lowest BCUT2D eigenvalue weighted by Crippen LogP contribution is -2.37. The summed E-state index contributed by atoms with van der Waals surface area (Å²) in [5.41, 5.74) is 1.01. The second-order valence-electron chi connectivity index (χ2n) is 5.47. The van der Waals surface area contributed by atoms with Gasteiger partial charge >= 0.3 is 0 Å². The minimum Gasteiger partial charge on any atom is -0.497 e. The topological polar surface area (TPSA) is 95.9 Å². The summed E-state index contributed by atoms with van der Waals surface area (Å²) >= 11 is 0. The fourth-order valence-corrected chi connectivity index (χ4v) is 3.80. The zero-order valence-corrected chi connectivity index (χ0v) is 15.5. The van der Waals surface area contributed by atoms with Crippen LogP contribution in [0.2, 0.25) is 0 Å². The number of likely N-dealkylation sites (N-methyl/N-ethyl adjacent to an activating group) is 1. The van der Waals surface area contributed by atoms with Crippen LogP contribution in [-0.4, -0.2) is 43.9 Å². The van der Waals surface area contributed by atoms with Crippen molar-refractivity contribution in [3.8, 4) is 5.75 Å². The van der Waals surface area contributed by atoms with Crippen molar-refractivity contribution in [2.75, 3.05) is 25.5 Å². The van der Waals surface area contributed by atoms with Crippen molar-refractivity contribution in [2.45, 2.75) is 18.4 Å². The van der Waals surface area contributed by atoms with Gasteiger partial charge in [-0.2, -0.15) is 4.31 Å². The molecular weight excluding hydrogens is 356 g/mol. The number of anilines is 1. The summed E-state index contributed by atoms with van der Waals surface area (Å²) in [7, 11) is -2.32. The Bertz CT molecular complexity index is 850. The molecule has 0 aliphatic heterocycles. The van der Waals surface area contributed by atoms with E-state index < -0.39 is 15.9 Å². The number of nitrogens with one attached hydrogen (secondary N) is 1. The molecule has 7 nitrogen and oxygen atoms in total. The number of aliphatic hydroxyl groups is 1. The fourth-order valence-electron chi connectivity index (χ4n) is 2.39. The maximum absolute atomic E-state index is 12.7. The second kappa shape index (κ2) is 8.79. The van der Waals surface area contributed by atoms with Gasteiger partial charge in [-0.3, -0.25) is 4.79 Å². The van der Waals surface area contributed by atoms with Crippen LogP contribution in [0.25, 0.3) is 0 Å². The highest BCUT2D eigenvalue weighted by Gasteiger charge is 2.25. The number of aliphatic hydroxyl groups excluding tert-OH is 1. The third-order valence-corrected chi connectivity index (χ3v) is 5.77. The minimum absolute atomic E-state index is 0.0868. The number of sulfonamides is 1. The number of hydrogen-bond donors (Lipinski definition) is 2. The molecule has 0 bridgehead atoms. The highest BCUT2D eigenvalue weighted by molar-refractivity contribution is 7.89. The van der Waals surface area contributed by atoms with Crippen molar-refractivity contribution in [1.82, 2.24) is 4.31 Å². The van der Waals surface area contributed by atoms with Gasteiger partial charge in [-0.15, -0.1) is 0 Å². The molecule has 1 amide bonds. The first-order valence-electron chi connectivity index (χ1n) is 8.05. The summed E-state index contributed by atoms with van der Waals surface area (Å²) in [4.78, 5) is 12.4. The summed E-state index contributed by atoms with van der Waals surface area (Å²) in [6.07, 6.45) is 0. The Hall–Kier alpha value is -2.42. The molecule has 0 aromatic heterocycles. The number of hydrogen-bond acceptors (Lipinski definition) is 5. The third kappa shape index (κ3) is 4.60. The lowest BCUT2D eigenvalue weighted by Gasteiger charge is -2.20. The van der Waals surface area contributed by atoms with Gasteiger partial charge in [-0.25, -0.2) is 8.42 Å². The quantitative estimate of drug-likeness (QED) is 0.731. The summed E-state index contributed by atoms with van der Waals surface area (Å²) < 4.78 is 31.6. The zero-order chi connectivity index (χ0) is 19.2. The van der Waals surface area contributed by atoms with Gasteiger partial charge in [0.2, 0.25) is 15.9 Å². The Morgan fingerprint density at radius 3 is 2.38 bits per heavy atom. The van der Waals surface area contributed by atoms with Gasteiger partial charge in [-0.1, -0.05) is 25.1 Å². The highest BCUT2D eigenvalue weighted by Crippen LogP contribution is 2.20. The van der Waals surface area contributed by atoms with E-state index in [9.17, 15) is 18.3 Å². The van der Waals surface area contributed by atoms with Crippen LogP contribution in [0, 0.1) is 0 Å². The lowest BCUT2D eigenvalue weighted by molar-refractivity contribution is -0.116. The van der Waals surface area contributed by atoms with E-state index in [0.717, 1.165) is 4.31 Å². The number of para-hydroxylation sites is 1. The van der Waals surface area contributed by atoms with Crippen LogP contribution in [-0.2, 0) is 21.4 Å². The van der Waals surface area contributed by atoms with E-state index in [4.69, 9.17) is 4.74 Å². The Balaban J connectivity index is 2.15. The van der Waals surface area contributed by atoms with E-state index >= 15 is 0 Å². The van der Waals surface area contributed by atoms with E-state index in [0.29, 0.717) is 17.0 Å². The Kier molecular flexibility index (Phi) is 6.73. The highest BCUT2D eigenvalue weighted by atomic mass is 32.2. The van der Waals surface area contributed by atoms with E-state index in [1.165, 1.54) is 19.2 Å². The summed E-state index contributed by atoms with van der Waals surface area (Å²) in [5, 5.41) is 12.0. The van der Waals surface area contributed by atoms with Crippen molar-refractivity contribution in [1.29, 1.82) is 0 Å². The molecule has 140 valence electrons. The number of rotatable bonds is 8. The van der Waals surface area contributed by atoms with Gasteiger partial charge in [0.25, 0.3) is 0 Å². The average Bonchev–Trinajstić information content (AvgIpc) is 2.66. The Morgan fingerprint density at radius 2 is 1.81 bits per heavy atom. The molecule has 0 saturated carbocycles. The second-order valence-corrected chi connectivity index (χ2v) is 7.41. The molecular formula is C18H22N2O5S. The van der Waals surface area contributed by atoms with Crippen molar-refractivity contribution in [3.63, 3.8) is 0 Å². The van der Waals surface area contributed by atoms with Gasteiger partial charge in [0.1, 0.15) is 5.75 Å². The van der Waals surface area contributed by atoms with Crippen LogP contribution in [0.15, 0.2) is 53.4 Å². The standard InChI is InChI=1S/C18H22N2O5S/c1-3-20(26(23,24)16-10-8-15(25-2)9-11-16)12-18(22)19-17-7-5-4-6-14(17)13-21/h4-11,21H,3,12-13H2,1-2H3,(H,19,22). The first-order valence-corrected chi connectivity index (χ1v) is 9.49.